The van der Waals surface area contributed by atoms with Gasteiger partial charge in [0.15, 0.2) is 0 Å². The summed E-state index contributed by atoms with van der Waals surface area (Å²) in [7, 11) is 2.08. The summed E-state index contributed by atoms with van der Waals surface area (Å²) in [5.41, 5.74) is 4.49. The summed E-state index contributed by atoms with van der Waals surface area (Å²) in [5.74, 6) is 0.122. The highest BCUT2D eigenvalue weighted by Crippen LogP contribution is 2.37. The maximum Gasteiger partial charge on any atom is 0.282 e. The molecule has 168 valence electrons. The Hall–Kier alpha value is -3.12. The van der Waals surface area contributed by atoms with Crippen LogP contribution in [0.25, 0.3) is 5.57 Å². The van der Waals surface area contributed by atoms with Gasteiger partial charge >= 0.3 is 0 Å². The average molecular weight is 434 g/mol. The van der Waals surface area contributed by atoms with E-state index in [2.05, 4.69) is 22.9 Å². The Balaban J connectivity index is 1.78. The Morgan fingerprint density at radius 1 is 0.938 bits per heavy atom. The van der Waals surface area contributed by atoms with Gasteiger partial charge in [0.05, 0.1) is 17.9 Å². The van der Waals surface area contributed by atoms with Crippen LogP contribution in [0.2, 0.25) is 0 Å². The number of hydrogen-bond acceptors (Lipinski definition) is 5. The number of amides is 2. The summed E-state index contributed by atoms with van der Waals surface area (Å²) < 4.78 is 5.75. The number of carbonyl (C=O) groups excluding carboxylic acids is 2. The van der Waals surface area contributed by atoms with Crippen LogP contribution in [0.5, 0.6) is 5.75 Å². The van der Waals surface area contributed by atoms with E-state index in [0.29, 0.717) is 42.4 Å². The third-order valence-corrected chi connectivity index (χ3v) is 6.08. The van der Waals surface area contributed by atoms with Crippen LogP contribution in [-0.2, 0) is 9.59 Å². The van der Waals surface area contributed by atoms with Gasteiger partial charge in [-0.15, -0.1) is 0 Å². The summed E-state index contributed by atoms with van der Waals surface area (Å²) in [6.07, 6.45) is 0.887. The van der Waals surface area contributed by atoms with E-state index in [0.717, 1.165) is 36.2 Å². The third kappa shape index (κ3) is 4.15. The van der Waals surface area contributed by atoms with E-state index in [4.69, 9.17) is 4.74 Å². The SMILES string of the molecule is CCCOc1cccc(N2C(=O)C(c3ccc(C)cc3C)=C(N3CCN(C)CC3)C2=O)c1. The van der Waals surface area contributed by atoms with Gasteiger partial charge in [-0.3, -0.25) is 9.59 Å². The Kier molecular flexibility index (Phi) is 6.33. The number of benzene rings is 2. The highest BCUT2D eigenvalue weighted by Gasteiger charge is 2.43. The molecule has 0 spiro atoms. The van der Waals surface area contributed by atoms with Gasteiger partial charge in [0.1, 0.15) is 11.4 Å². The topological polar surface area (TPSA) is 53.1 Å². The first kappa shape index (κ1) is 22.1. The molecule has 1 fully saturated rings. The minimum Gasteiger partial charge on any atom is -0.494 e. The largest absolute Gasteiger partial charge is 0.494 e. The number of rotatable bonds is 6. The number of aryl methyl sites for hydroxylation is 2. The van der Waals surface area contributed by atoms with Gasteiger partial charge in [-0.05, 0) is 50.6 Å². The monoisotopic (exact) mass is 433 g/mol. The first-order valence-corrected chi connectivity index (χ1v) is 11.3. The summed E-state index contributed by atoms with van der Waals surface area (Å²) in [5, 5.41) is 0. The van der Waals surface area contributed by atoms with Gasteiger partial charge in [-0.25, -0.2) is 4.90 Å². The van der Waals surface area contributed by atoms with Crippen molar-refractivity contribution >= 4 is 23.1 Å². The van der Waals surface area contributed by atoms with Gasteiger partial charge in [0.25, 0.3) is 11.8 Å². The minimum atomic E-state index is -0.275. The van der Waals surface area contributed by atoms with Crippen molar-refractivity contribution in [1.82, 2.24) is 9.80 Å². The maximum atomic E-state index is 13.8. The minimum absolute atomic E-state index is 0.262. The summed E-state index contributed by atoms with van der Waals surface area (Å²) >= 11 is 0. The van der Waals surface area contributed by atoms with Crippen molar-refractivity contribution in [2.75, 3.05) is 44.7 Å². The average Bonchev–Trinajstić information content (AvgIpc) is 3.03. The van der Waals surface area contributed by atoms with Crippen LogP contribution in [0.1, 0.15) is 30.0 Å². The molecule has 6 heteroatoms. The maximum absolute atomic E-state index is 13.8. The summed E-state index contributed by atoms with van der Waals surface area (Å²) in [6, 6.07) is 13.3. The molecular formula is C26H31N3O3. The fraction of sp³-hybridized carbons (Fsp3) is 0.385. The summed E-state index contributed by atoms with van der Waals surface area (Å²) in [4.78, 5) is 33.1. The number of likely N-dealkylation sites (N-methyl/N-ethyl adjacent to an activating group) is 1. The Bertz CT molecular complexity index is 1070. The number of piperazine rings is 1. The third-order valence-electron chi connectivity index (χ3n) is 6.08. The fourth-order valence-electron chi connectivity index (χ4n) is 4.35. The molecule has 2 aliphatic rings. The highest BCUT2D eigenvalue weighted by molar-refractivity contribution is 6.45. The first-order valence-electron chi connectivity index (χ1n) is 11.3. The molecule has 2 aromatic carbocycles. The molecule has 1 saturated heterocycles. The molecule has 0 radical (unpaired) electrons. The second kappa shape index (κ2) is 9.17. The summed E-state index contributed by atoms with van der Waals surface area (Å²) in [6.45, 7) is 9.79. The lowest BCUT2D eigenvalue weighted by atomic mass is 9.97. The fourth-order valence-corrected chi connectivity index (χ4v) is 4.35. The van der Waals surface area contributed by atoms with Crippen molar-refractivity contribution in [3.63, 3.8) is 0 Å². The molecule has 0 saturated carbocycles. The standard InChI is InChI=1S/C26H31N3O3/c1-5-15-32-21-8-6-7-20(17-21)29-25(30)23(22-10-9-18(2)16-19(22)3)24(26(29)31)28-13-11-27(4)12-14-28/h6-10,16-17H,5,11-15H2,1-4H3. The van der Waals surface area contributed by atoms with Crippen LogP contribution in [0, 0.1) is 13.8 Å². The normalized spacial score (nSPS) is 17.5. The lowest BCUT2D eigenvalue weighted by molar-refractivity contribution is -0.120. The number of imide groups is 1. The predicted octanol–water partition coefficient (Wildman–Crippen LogP) is 3.62. The molecule has 32 heavy (non-hydrogen) atoms. The molecule has 0 unspecified atom stereocenters. The van der Waals surface area contributed by atoms with E-state index in [-0.39, 0.29) is 11.8 Å². The Morgan fingerprint density at radius 3 is 2.38 bits per heavy atom. The number of anilines is 1. The number of ether oxygens (including phenoxy) is 1. The van der Waals surface area contributed by atoms with Gasteiger partial charge in [-0.1, -0.05) is 36.8 Å². The highest BCUT2D eigenvalue weighted by atomic mass is 16.5. The van der Waals surface area contributed by atoms with E-state index in [1.165, 1.54) is 4.90 Å². The van der Waals surface area contributed by atoms with Gasteiger partial charge in [0, 0.05) is 32.2 Å². The van der Waals surface area contributed by atoms with Crippen molar-refractivity contribution in [2.45, 2.75) is 27.2 Å². The van der Waals surface area contributed by atoms with Crippen LogP contribution >= 0.6 is 0 Å². The lowest BCUT2D eigenvalue weighted by Gasteiger charge is -2.34. The lowest BCUT2D eigenvalue weighted by Crippen LogP contribution is -2.46. The zero-order chi connectivity index (χ0) is 22.8. The van der Waals surface area contributed by atoms with E-state index >= 15 is 0 Å². The van der Waals surface area contributed by atoms with Crippen LogP contribution < -0.4 is 9.64 Å². The molecule has 2 amide bonds. The first-order chi connectivity index (χ1) is 15.4. The van der Waals surface area contributed by atoms with Crippen molar-refractivity contribution < 1.29 is 14.3 Å². The van der Waals surface area contributed by atoms with E-state index < -0.39 is 0 Å². The van der Waals surface area contributed by atoms with Crippen LogP contribution in [0.15, 0.2) is 48.2 Å². The molecule has 0 aromatic heterocycles. The van der Waals surface area contributed by atoms with E-state index in [1.54, 1.807) is 12.1 Å². The zero-order valence-electron chi connectivity index (χ0n) is 19.4. The molecule has 0 N–H and O–H groups in total. The Labute approximate surface area is 190 Å². The van der Waals surface area contributed by atoms with Crippen molar-refractivity contribution in [3.8, 4) is 5.75 Å². The van der Waals surface area contributed by atoms with Gasteiger partial charge in [0.2, 0.25) is 0 Å². The van der Waals surface area contributed by atoms with Gasteiger partial charge < -0.3 is 14.5 Å². The molecule has 2 heterocycles. The van der Waals surface area contributed by atoms with Crippen LogP contribution in [0.3, 0.4) is 0 Å². The molecule has 0 bridgehead atoms. The number of hydrogen-bond donors (Lipinski definition) is 0. The molecule has 4 rings (SSSR count). The number of nitrogens with zero attached hydrogens (tertiary/aromatic N) is 3. The molecule has 2 aliphatic heterocycles. The second-order valence-corrected chi connectivity index (χ2v) is 8.62. The Morgan fingerprint density at radius 2 is 1.69 bits per heavy atom. The van der Waals surface area contributed by atoms with Crippen LogP contribution in [0.4, 0.5) is 5.69 Å². The molecule has 6 nitrogen and oxygen atoms in total. The van der Waals surface area contributed by atoms with Gasteiger partial charge in [-0.2, -0.15) is 0 Å². The zero-order valence-corrected chi connectivity index (χ0v) is 19.4. The molecule has 2 aromatic rings. The van der Waals surface area contributed by atoms with Crippen LogP contribution in [-0.4, -0.2) is 61.4 Å². The molecular weight excluding hydrogens is 402 g/mol. The predicted molar refractivity (Wildman–Crippen MR) is 127 cm³/mol. The van der Waals surface area contributed by atoms with E-state index in [1.807, 2.05) is 45.0 Å². The number of carbonyl (C=O) groups is 2. The van der Waals surface area contributed by atoms with Crippen molar-refractivity contribution in [1.29, 1.82) is 0 Å². The molecule has 0 atom stereocenters. The van der Waals surface area contributed by atoms with Crippen molar-refractivity contribution in [2.24, 2.45) is 0 Å². The molecule has 0 aliphatic carbocycles. The van der Waals surface area contributed by atoms with E-state index in [9.17, 15) is 9.59 Å². The van der Waals surface area contributed by atoms with Crippen molar-refractivity contribution in [3.05, 3.63) is 64.9 Å². The smallest absolute Gasteiger partial charge is 0.282 e. The second-order valence-electron chi connectivity index (χ2n) is 8.62. The quantitative estimate of drug-likeness (QED) is 0.652.